The van der Waals surface area contributed by atoms with E-state index < -0.39 is 0 Å². The molecule has 0 N–H and O–H groups in total. The third-order valence-corrected chi connectivity index (χ3v) is 1.72. The zero-order valence-electron chi connectivity index (χ0n) is 9.04. The number of ether oxygens (including phenoxy) is 1. The van der Waals surface area contributed by atoms with E-state index in [9.17, 15) is 4.79 Å². The number of hydrogen-bond donors (Lipinski definition) is 0. The Morgan fingerprint density at radius 3 is 2.53 bits per heavy atom. The van der Waals surface area contributed by atoms with Gasteiger partial charge in [-0.05, 0) is 30.7 Å². The summed E-state index contributed by atoms with van der Waals surface area (Å²) in [6.07, 6.45) is 1.98. The normalized spacial score (nSPS) is 8.93. The molecular weight excluding hydrogens is 188 g/mol. The van der Waals surface area contributed by atoms with E-state index >= 15 is 0 Å². The highest BCUT2D eigenvalue weighted by Gasteiger charge is 1.96. The van der Waals surface area contributed by atoms with Gasteiger partial charge in [-0.3, -0.25) is 4.79 Å². The van der Waals surface area contributed by atoms with Gasteiger partial charge in [0, 0.05) is 18.9 Å². The van der Waals surface area contributed by atoms with Crippen LogP contribution in [0.15, 0.2) is 24.3 Å². The number of unbranched alkanes of at least 4 members (excludes halogenated alkanes) is 1. The maximum atomic E-state index is 10.7. The Kier molecular flexibility index (Phi) is 4.43. The van der Waals surface area contributed by atoms with Gasteiger partial charge in [0.15, 0.2) is 0 Å². The third kappa shape index (κ3) is 4.33. The summed E-state index contributed by atoms with van der Waals surface area (Å²) in [6, 6.07) is 7.19. The molecule has 1 aromatic rings. The van der Waals surface area contributed by atoms with E-state index in [1.807, 2.05) is 12.1 Å². The Morgan fingerprint density at radius 1 is 1.33 bits per heavy atom. The number of esters is 1. The van der Waals surface area contributed by atoms with Gasteiger partial charge >= 0.3 is 5.97 Å². The third-order valence-electron chi connectivity index (χ3n) is 1.72. The van der Waals surface area contributed by atoms with E-state index in [-0.39, 0.29) is 5.97 Å². The Hall–Kier alpha value is -1.75. The van der Waals surface area contributed by atoms with Gasteiger partial charge < -0.3 is 4.74 Å². The van der Waals surface area contributed by atoms with Crippen molar-refractivity contribution < 1.29 is 9.53 Å². The summed E-state index contributed by atoms with van der Waals surface area (Å²) in [5, 5.41) is 0. The van der Waals surface area contributed by atoms with Crippen molar-refractivity contribution in [1.82, 2.24) is 0 Å². The quantitative estimate of drug-likeness (QED) is 0.419. The lowest BCUT2D eigenvalue weighted by Gasteiger charge is -1.99. The molecule has 0 aliphatic rings. The van der Waals surface area contributed by atoms with E-state index in [1.165, 1.54) is 6.92 Å². The maximum Gasteiger partial charge on any atom is 0.308 e. The first-order valence-electron chi connectivity index (χ1n) is 4.99. The van der Waals surface area contributed by atoms with Crippen molar-refractivity contribution in [2.45, 2.75) is 26.7 Å². The SMILES string of the molecule is CCCC#Cc1ccc(OC(C)=O)cc1. The largest absolute Gasteiger partial charge is 0.427 e. The fourth-order valence-corrected chi connectivity index (χ4v) is 1.06. The minimum Gasteiger partial charge on any atom is -0.427 e. The summed E-state index contributed by atoms with van der Waals surface area (Å²) in [4.78, 5) is 10.7. The first-order chi connectivity index (χ1) is 7.22. The van der Waals surface area contributed by atoms with Crippen LogP contribution < -0.4 is 4.74 Å². The molecule has 0 aliphatic carbocycles. The Labute approximate surface area is 90.3 Å². The smallest absolute Gasteiger partial charge is 0.308 e. The number of carbonyl (C=O) groups excluding carboxylic acids is 1. The molecule has 2 heteroatoms. The van der Waals surface area contributed by atoms with Crippen LogP contribution in [0.25, 0.3) is 0 Å². The van der Waals surface area contributed by atoms with Gasteiger partial charge in [-0.15, -0.1) is 0 Å². The Balaban J connectivity index is 2.65. The van der Waals surface area contributed by atoms with Crippen LogP contribution in [0.3, 0.4) is 0 Å². The summed E-state index contributed by atoms with van der Waals surface area (Å²) in [5.74, 6) is 6.34. The van der Waals surface area contributed by atoms with Crippen LogP contribution in [0.5, 0.6) is 5.75 Å². The van der Waals surface area contributed by atoms with Crippen LogP contribution in [0, 0.1) is 11.8 Å². The molecule has 15 heavy (non-hydrogen) atoms. The molecule has 0 fully saturated rings. The fourth-order valence-electron chi connectivity index (χ4n) is 1.06. The second-order valence-electron chi connectivity index (χ2n) is 3.17. The summed E-state index contributed by atoms with van der Waals surface area (Å²) < 4.78 is 4.91. The standard InChI is InChI=1S/C13H14O2/c1-3-4-5-6-12-7-9-13(10-8-12)15-11(2)14/h7-10H,3-4H2,1-2H3. The van der Waals surface area contributed by atoms with Gasteiger partial charge in [-0.1, -0.05) is 18.8 Å². The zero-order chi connectivity index (χ0) is 11.1. The fraction of sp³-hybridized carbons (Fsp3) is 0.308. The molecule has 0 aromatic heterocycles. The van der Waals surface area contributed by atoms with Gasteiger partial charge in [0.25, 0.3) is 0 Å². The number of carbonyl (C=O) groups is 1. The highest BCUT2D eigenvalue weighted by molar-refractivity contribution is 5.69. The summed E-state index contributed by atoms with van der Waals surface area (Å²) in [6.45, 7) is 3.48. The Bertz CT molecular complexity index is 379. The maximum absolute atomic E-state index is 10.7. The molecule has 1 aromatic carbocycles. The van der Waals surface area contributed by atoms with Gasteiger partial charge in [0.2, 0.25) is 0 Å². The average molecular weight is 202 g/mol. The summed E-state index contributed by atoms with van der Waals surface area (Å²) >= 11 is 0. The molecule has 2 nitrogen and oxygen atoms in total. The lowest BCUT2D eigenvalue weighted by molar-refractivity contribution is -0.131. The predicted molar refractivity (Wildman–Crippen MR) is 59.5 cm³/mol. The molecule has 0 saturated heterocycles. The van der Waals surface area contributed by atoms with E-state index in [4.69, 9.17) is 4.74 Å². The Morgan fingerprint density at radius 2 is 2.00 bits per heavy atom. The summed E-state index contributed by atoms with van der Waals surface area (Å²) in [5.41, 5.74) is 0.944. The number of benzene rings is 1. The highest BCUT2D eigenvalue weighted by Crippen LogP contribution is 2.11. The average Bonchev–Trinajstić information content (AvgIpc) is 2.20. The molecule has 0 aliphatic heterocycles. The minimum absolute atomic E-state index is 0.306. The molecule has 0 spiro atoms. The molecular formula is C13H14O2. The van der Waals surface area contributed by atoms with E-state index in [0.717, 1.165) is 18.4 Å². The lowest BCUT2D eigenvalue weighted by atomic mass is 10.2. The van der Waals surface area contributed by atoms with Crippen molar-refractivity contribution in [2.24, 2.45) is 0 Å². The van der Waals surface area contributed by atoms with Crippen LogP contribution >= 0.6 is 0 Å². The highest BCUT2D eigenvalue weighted by atomic mass is 16.5. The van der Waals surface area contributed by atoms with Gasteiger partial charge in [-0.2, -0.15) is 0 Å². The van der Waals surface area contributed by atoms with Gasteiger partial charge in [-0.25, -0.2) is 0 Å². The van der Waals surface area contributed by atoms with Crippen molar-refractivity contribution in [1.29, 1.82) is 0 Å². The van der Waals surface area contributed by atoms with Gasteiger partial charge in [0.05, 0.1) is 0 Å². The zero-order valence-corrected chi connectivity index (χ0v) is 9.04. The first-order valence-corrected chi connectivity index (χ1v) is 4.99. The van der Waals surface area contributed by atoms with Crippen LogP contribution in [0.4, 0.5) is 0 Å². The van der Waals surface area contributed by atoms with E-state index in [2.05, 4.69) is 18.8 Å². The monoisotopic (exact) mass is 202 g/mol. The molecule has 0 heterocycles. The summed E-state index contributed by atoms with van der Waals surface area (Å²) in [7, 11) is 0. The van der Waals surface area contributed by atoms with Crippen LogP contribution in [0.1, 0.15) is 32.3 Å². The second-order valence-corrected chi connectivity index (χ2v) is 3.17. The molecule has 0 radical (unpaired) electrons. The molecule has 0 atom stereocenters. The first kappa shape index (κ1) is 11.3. The molecule has 78 valence electrons. The van der Waals surface area contributed by atoms with Crippen molar-refractivity contribution in [3.8, 4) is 17.6 Å². The van der Waals surface area contributed by atoms with Crippen molar-refractivity contribution >= 4 is 5.97 Å². The topological polar surface area (TPSA) is 26.3 Å². The van der Waals surface area contributed by atoms with E-state index in [1.54, 1.807) is 12.1 Å². The molecule has 0 amide bonds. The van der Waals surface area contributed by atoms with Crippen molar-refractivity contribution in [3.63, 3.8) is 0 Å². The lowest BCUT2D eigenvalue weighted by Crippen LogP contribution is -2.00. The van der Waals surface area contributed by atoms with Crippen molar-refractivity contribution in [2.75, 3.05) is 0 Å². The van der Waals surface area contributed by atoms with Crippen LogP contribution in [-0.2, 0) is 4.79 Å². The predicted octanol–water partition coefficient (Wildman–Crippen LogP) is 2.76. The number of hydrogen-bond acceptors (Lipinski definition) is 2. The van der Waals surface area contributed by atoms with E-state index in [0.29, 0.717) is 5.75 Å². The van der Waals surface area contributed by atoms with Gasteiger partial charge in [0.1, 0.15) is 5.75 Å². The van der Waals surface area contributed by atoms with Crippen molar-refractivity contribution in [3.05, 3.63) is 29.8 Å². The second kappa shape index (κ2) is 5.87. The minimum atomic E-state index is -0.306. The molecule has 0 saturated carbocycles. The van der Waals surface area contributed by atoms with Crippen LogP contribution in [-0.4, -0.2) is 5.97 Å². The molecule has 0 unspecified atom stereocenters. The van der Waals surface area contributed by atoms with Crippen LogP contribution in [0.2, 0.25) is 0 Å². The molecule has 1 rings (SSSR count). The number of rotatable bonds is 2. The molecule has 0 bridgehead atoms.